The van der Waals surface area contributed by atoms with Crippen molar-refractivity contribution in [3.8, 4) is 0 Å². The maximum Gasteiger partial charge on any atom is 0.315 e. The van der Waals surface area contributed by atoms with E-state index in [1.165, 1.54) is 31.4 Å². The standard InChI is InChI=1S/C17H29N3OS/c1-14(12-16-7-11-22-13-16)19-17(21)18-8-5-10-20-9-4-3-6-15(20)2/h7,11,13-15H,3-6,8-10,12H2,1-2H3,(H2,18,19,21). The first-order valence-corrected chi connectivity index (χ1v) is 9.39. The van der Waals surface area contributed by atoms with Crippen LogP contribution in [0.15, 0.2) is 16.8 Å². The average molecular weight is 324 g/mol. The Morgan fingerprint density at radius 2 is 2.36 bits per heavy atom. The van der Waals surface area contributed by atoms with Crippen molar-refractivity contribution in [1.82, 2.24) is 15.5 Å². The predicted octanol–water partition coefficient (Wildman–Crippen LogP) is 3.24. The van der Waals surface area contributed by atoms with Gasteiger partial charge in [0.05, 0.1) is 0 Å². The van der Waals surface area contributed by atoms with Gasteiger partial charge < -0.3 is 15.5 Å². The van der Waals surface area contributed by atoms with Crippen LogP contribution in [0, 0.1) is 0 Å². The number of piperidine rings is 1. The van der Waals surface area contributed by atoms with Crippen LogP contribution < -0.4 is 10.6 Å². The fourth-order valence-corrected chi connectivity index (χ4v) is 3.74. The van der Waals surface area contributed by atoms with E-state index in [1.807, 2.05) is 6.92 Å². The molecule has 1 aliphatic rings. The summed E-state index contributed by atoms with van der Waals surface area (Å²) in [5.74, 6) is 0. The predicted molar refractivity (Wildman–Crippen MR) is 93.5 cm³/mol. The van der Waals surface area contributed by atoms with Crippen LogP contribution in [0.1, 0.15) is 45.1 Å². The average Bonchev–Trinajstić information content (AvgIpc) is 2.98. The molecule has 0 spiro atoms. The van der Waals surface area contributed by atoms with Gasteiger partial charge in [-0.2, -0.15) is 11.3 Å². The van der Waals surface area contributed by atoms with Gasteiger partial charge in [0.15, 0.2) is 0 Å². The van der Waals surface area contributed by atoms with Gasteiger partial charge in [-0.3, -0.25) is 0 Å². The lowest BCUT2D eigenvalue weighted by atomic mass is 10.0. The largest absolute Gasteiger partial charge is 0.338 e. The van der Waals surface area contributed by atoms with Crippen LogP contribution in [0.3, 0.4) is 0 Å². The van der Waals surface area contributed by atoms with Crippen molar-refractivity contribution >= 4 is 17.4 Å². The zero-order valence-electron chi connectivity index (χ0n) is 13.8. The molecule has 4 nitrogen and oxygen atoms in total. The van der Waals surface area contributed by atoms with E-state index < -0.39 is 0 Å². The number of carbonyl (C=O) groups is 1. The van der Waals surface area contributed by atoms with Crippen LogP contribution >= 0.6 is 11.3 Å². The van der Waals surface area contributed by atoms with Crippen molar-refractivity contribution < 1.29 is 4.79 Å². The molecule has 0 aliphatic carbocycles. The number of urea groups is 1. The van der Waals surface area contributed by atoms with E-state index in [-0.39, 0.29) is 12.1 Å². The second kappa shape index (κ2) is 9.16. The Labute approximate surface area is 138 Å². The third-order valence-electron chi connectivity index (χ3n) is 4.35. The minimum Gasteiger partial charge on any atom is -0.338 e. The lowest BCUT2D eigenvalue weighted by molar-refractivity contribution is 0.159. The number of amides is 2. The van der Waals surface area contributed by atoms with Crippen molar-refractivity contribution in [2.75, 3.05) is 19.6 Å². The fraction of sp³-hybridized carbons (Fsp3) is 0.706. The van der Waals surface area contributed by atoms with Gasteiger partial charge >= 0.3 is 6.03 Å². The molecule has 2 heterocycles. The highest BCUT2D eigenvalue weighted by Crippen LogP contribution is 2.16. The molecule has 22 heavy (non-hydrogen) atoms. The normalized spacial score (nSPS) is 20.5. The number of hydrogen-bond acceptors (Lipinski definition) is 3. The molecule has 1 aromatic heterocycles. The highest BCUT2D eigenvalue weighted by molar-refractivity contribution is 7.07. The topological polar surface area (TPSA) is 44.4 Å². The molecule has 1 aliphatic heterocycles. The van der Waals surface area contributed by atoms with Gasteiger partial charge in [0.2, 0.25) is 0 Å². The zero-order chi connectivity index (χ0) is 15.8. The Hall–Kier alpha value is -1.07. The van der Waals surface area contributed by atoms with Crippen molar-refractivity contribution in [3.63, 3.8) is 0 Å². The van der Waals surface area contributed by atoms with Crippen molar-refractivity contribution in [3.05, 3.63) is 22.4 Å². The van der Waals surface area contributed by atoms with E-state index in [0.29, 0.717) is 6.04 Å². The van der Waals surface area contributed by atoms with E-state index >= 15 is 0 Å². The summed E-state index contributed by atoms with van der Waals surface area (Å²) in [6.45, 7) is 7.41. The number of thiophene rings is 1. The molecule has 1 saturated heterocycles. The summed E-state index contributed by atoms with van der Waals surface area (Å²) < 4.78 is 0. The van der Waals surface area contributed by atoms with E-state index in [0.717, 1.165) is 25.9 Å². The Balaban J connectivity index is 1.55. The van der Waals surface area contributed by atoms with Crippen LogP contribution in [0.5, 0.6) is 0 Å². The first-order chi connectivity index (χ1) is 10.6. The van der Waals surface area contributed by atoms with E-state index in [9.17, 15) is 4.79 Å². The second-order valence-electron chi connectivity index (χ2n) is 6.37. The van der Waals surface area contributed by atoms with E-state index in [2.05, 4.69) is 39.3 Å². The molecule has 2 atom stereocenters. The molecule has 2 rings (SSSR count). The van der Waals surface area contributed by atoms with Crippen LogP contribution in [0.2, 0.25) is 0 Å². The van der Waals surface area contributed by atoms with Crippen LogP contribution in [0.25, 0.3) is 0 Å². The number of likely N-dealkylation sites (tertiary alicyclic amines) is 1. The molecule has 124 valence electrons. The van der Waals surface area contributed by atoms with Crippen LogP contribution in [-0.2, 0) is 6.42 Å². The highest BCUT2D eigenvalue weighted by Gasteiger charge is 2.17. The number of nitrogens with zero attached hydrogens (tertiary/aromatic N) is 1. The summed E-state index contributed by atoms with van der Waals surface area (Å²) in [5, 5.41) is 10.2. The molecule has 1 aromatic rings. The molecule has 0 aromatic carbocycles. The fourth-order valence-electron chi connectivity index (χ4n) is 3.06. The molecular weight excluding hydrogens is 294 g/mol. The van der Waals surface area contributed by atoms with Crippen molar-refractivity contribution in [1.29, 1.82) is 0 Å². The van der Waals surface area contributed by atoms with Crippen LogP contribution in [-0.4, -0.2) is 42.6 Å². The number of rotatable bonds is 7. The summed E-state index contributed by atoms with van der Waals surface area (Å²) in [7, 11) is 0. The lowest BCUT2D eigenvalue weighted by Crippen LogP contribution is -2.43. The smallest absolute Gasteiger partial charge is 0.315 e. The Morgan fingerprint density at radius 3 is 3.09 bits per heavy atom. The third-order valence-corrected chi connectivity index (χ3v) is 5.08. The highest BCUT2D eigenvalue weighted by atomic mass is 32.1. The molecule has 2 unspecified atom stereocenters. The van der Waals surface area contributed by atoms with Crippen LogP contribution in [0.4, 0.5) is 4.79 Å². The minimum atomic E-state index is -0.0468. The van der Waals surface area contributed by atoms with Gasteiger partial charge in [0, 0.05) is 25.2 Å². The number of nitrogens with one attached hydrogen (secondary N) is 2. The monoisotopic (exact) mass is 323 g/mol. The third kappa shape index (κ3) is 5.97. The Bertz CT molecular complexity index is 435. The summed E-state index contributed by atoms with van der Waals surface area (Å²) in [4.78, 5) is 14.4. The quantitative estimate of drug-likeness (QED) is 0.757. The first-order valence-electron chi connectivity index (χ1n) is 8.44. The van der Waals surface area contributed by atoms with Gasteiger partial charge in [0.1, 0.15) is 0 Å². The molecular formula is C17H29N3OS. The molecule has 2 amide bonds. The van der Waals surface area contributed by atoms with Gasteiger partial charge in [-0.15, -0.1) is 0 Å². The van der Waals surface area contributed by atoms with E-state index in [4.69, 9.17) is 0 Å². The number of carbonyl (C=O) groups excluding carboxylic acids is 1. The van der Waals surface area contributed by atoms with Crippen molar-refractivity contribution in [2.24, 2.45) is 0 Å². The molecule has 5 heteroatoms. The maximum absolute atomic E-state index is 11.9. The number of hydrogen-bond donors (Lipinski definition) is 2. The van der Waals surface area contributed by atoms with Gasteiger partial charge in [-0.05, 0) is 68.5 Å². The molecule has 2 N–H and O–H groups in total. The Morgan fingerprint density at radius 1 is 1.50 bits per heavy atom. The van der Waals surface area contributed by atoms with E-state index in [1.54, 1.807) is 11.3 Å². The van der Waals surface area contributed by atoms with Gasteiger partial charge in [-0.1, -0.05) is 6.42 Å². The lowest BCUT2D eigenvalue weighted by Gasteiger charge is -2.33. The van der Waals surface area contributed by atoms with Gasteiger partial charge in [-0.25, -0.2) is 4.79 Å². The molecule has 0 bridgehead atoms. The summed E-state index contributed by atoms with van der Waals surface area (Å²) >= 11 is 1.70. The molecule has 0 radical (unpaired) electrons. The SMILES string of the molecule is CC(Cc1ccsc1)NC(=O)NCCCN1CCCCC1C. The summed E-state index contributed by atoms with van der Waals surface area (Å²) in [5.41, 5.74) is 1.29. The summed E-state index contributed by atoms with van der Waals surface area (Å²) in [6.07, 6.45) is 5.91. The van der Waals surface area contributed by atoms with Gasteiger partial charge in [0.25, 0.3) is 0 Å². The first kappa shape index (κ1) is 17.3. The zero-order valence-corrected chi connectivity index (χ0v) is 14.6. The Kier molecular flexibility index (Phi) is 7.19. The molecule has 0 saturated carbocycles. The molecule has 1 fully saturated rings. The van der Waals surface area contributed by atoms with Crippen molar-refractivity contribution in [2.45, 2.75) is 58.0 Å². The minimum absolute atomic E-state index is 0.0468. The second-order valence-corrected chi connectivity index (χ2v) is 7.15. The summed E-state index contributed by atoms with van der Waals surface area (Å²) in [6, 6.07) is 2.93. The maximum atomic E-state index is 11.9.